The lowest BCUT2D eigenvalue weighted by Crippen LogP contribution is -2.46. The molecule has 0 saturated carbocycles. The Balaban J connectivity index is 2.08. The molecule has 2 nitrogen and oxygen atoms in total. The van der Waals surface area contributed by atoms with E-state index in [-0.39, 0.29) is 12.2 Å². The quantitative estimate of drug-likeness (QED) is 0.781. The number of alkyl halides is 1. The van der Waals surface area contributed by atoms with Crippen LogP contribution in [0.3, 0.4) is 0 Å². The lowest BCUT2D eigenvalue weighted by atomic mass is 10.0. The predicted molar refractivity (Wildman–Crippen MR) is 76.2 cm³/mol. The fraction of sp³-hybridized carbons (Fsp3) is 0.600. The van der Waals surface area contributed by atoms with Gasteiger partial charge in [-0.3, -0.25) is 4.90 Å². The molecule has 3 heteroatoms. The largest absolute Gasteiger partial charge is 0.371 e. The fourth-order valence-corrected chi connectivity index (χ4v) is 2.85. The van der Waals surface area contributed by atoms with Crippen molar-refractivity contribution >= 4 is 11.6 Å². The number of morpholine rings is 1. The van der Waals surface area contributed by atoms with Gasteiger partial charge in [0.25, 0.3) is 0 Å². The Morgan fingerprint density at radius 1 is 1.28 bits per heavy atom. The Kier molecular flexibility index (Phi) is 4.66. The van der Waals surface area contributed by atoms with Crippen molar-refractivity contribution in [1.29, 1.82) is 0 Å². The molecular formula is C15H22ClNO. The van der Waals surface area contributed by atoms with Gasteiger partial charge in [-0.25, -0.2) is 0 Å². The number of benzene rings is 1. The Labute approximate surface area is 115 Å². The van der Waals surface area contributed by atoms with Crippen LogP contribution in [0, 0.1) is 13.8 Å². The maximum absolute atomic E-state index is 5.92. The molecule has 0 bridgehead atoms. The molecule has 2 rings (SSSR count). The number of ether oxygens (including phenoxy) is 1. The molecule has 0 spiro atoms. The summed E-state index contributed by atoms with van der Waals surface area (Å²) in [5, 5.41) is 0. The molecule has 0 aromatic heterocycles. The molecule has 100 valence electrons. The van der Waals surface area contributed by atoms with Crippen LogP contribution in [0.25, 0.3) is 0 Å². The second kappa shape index (κ2) is 6.05. The third-order valence-electron chi connectivity index (χ3n) is 3.60. The molecule has 1 aliphatic heterocycles. The minimum absolute atomic E-state index is 0.166. The van der Waals surface area contributed by atoms with E-state index in [1.165, 1.54) is 16.7 Å². The van der Waals surface area contributed by atoms with Crippen molar-refractivity contribution in [2.24, 2.45) is 0 Å². The van der Waals surface area contributed by atoms with Gasteiger partial charge < -0.3 is 4.74 Å². The summed E-state index contributed by atoms with van der Waals surface area (Å²) in [6.45, 7) is 9.41. The average molecular weight is 268 g/mol. The molecule has 1 fully saturated rings. The molecule has 0 radical (unpaired) electrons. The highest BCUT2D eigenvalue weighted by Crippen LogP contribution is 2.19. The van der Waals surface area contributed by atoms with Gasteiger partial charge in [0.1, 0.15) is 0 Å². The summed E-state index contributed by atoms with van der Waals surface area (Å²) >= 11 is 5.92. The van der Waals surface area contributed by atoms with E-state index < -0.39 is 0 Å². The van der Waals surface area contributed by atoms with Crippen molar-refractivity contribution in [3.8, 4) is 0 Å². The highest BCUT2D eigenvalue weighted by Gasteiger charge is 2.25. The van der Waals surface area contributed by atoms with E-state index in [4.69, 9.17) is 16.3 Å². The number of halogens is 1. The molecule has 1 aromatic rings. The number of aryl methyl sites for hydroxylation is 2. The summed E-state index contributed by atoms with van der Waals surface area (Å²) in [5.41, 5.74) is 4.19. The van der Waals surface area contributed by atoms with Crippen molar-refractivity contribution in [2.45, 2.75) is 39.5 Å². The van der Waals surface area contributed by atoms with Crippen molar-refractivity contribution in [2.75, 3.05) is 19.0 Å². The van der Waals surface area contributed by atoms with Gasteiger partial charge in [0.2, 0.25) is 0 Å². The van der Waals surface area contributed by atoms with Crippen LogP contribution < -0.4 is 0 Å². The Morgan fingerprint density at radius 2 is 1.94 bits per heavy atom. The lowest BCUT2D eigenvalue weighted by Gasteiger charge is -2.36. The predicted octanol–water partition coefficient (Wildman–Crippen LogP) is 3.13. The van der Waals surface area contributed by atoms with Crippen molar-refractivity contribution in [1.82, 2.24) is 4.90 Å². The van der Waals surface area contributed by atoms with Crippen LogP contribution in [0.15, 0.2) is 18.2 Å². The molecule has 0 aliphatic carbocycles. The van der Waals surface area contributed by atoms with E-state index >= 15 is 0 Å². The molecule has 2 unspecified atom stereocenters. The Hall–Kier alpha value is -0.570. The maximum Gasteiger partial charge on any atom is 0.0841 e. The van der Waals surface area contributed by atoms with Crippen LogP contribution in [-0.4, -0.2) is 36.1 Å². The van der Waals surface area contributed by atoms with Crippen LogP contribution in [-0.2, 0) is 11.3 Å². The van der Waals surface area contributed by atoms with Crippen molar-refractivity contribution < 1.29 is 4.74 Å². The summed E-state index contributed by atoms with van der Waals surface area (Å²) in [6.07, 6.45) is 0.437. The van der Waals surface area contributed by atoms with E-state index in [2.05, 4.69) is 43.9 Å². The van der Waals surface area contributed by atoms with Gasteiger partial charge in [0.05, 0.1) is 12.2 Å². The van der Waals surface area contributed by atoms with Crippen LogP contribution in [0.5, 0.6) is 0 Å². The SMILES string of the molecule is Cc1cccc(C)c1CN1CC(C)OC(CCl)C1. The van der Waals surface area contributed by atoms with E-state index in [0.717, 1.165) is 19.6 Å². The summed E-state index contributed by atoms with van der Waals surface area (Å²) < 4.78 is 5.79. The third kappa shape index (κ3) is 3.25. The van der Waals surface area contributed by atoms with E-state index in [9.17, 15) is 0 Å². The number of rotatable bonds is 3. The van der Waals surface area contributed by atoms with Gasteiger partial charge in [0.15, 0.2) is 0 Å². The molecular weight excluding hydrogens is 246 g/mol. The van der Waals surface area contributed by atoms with E-state index in [0.29, 0.717) is 5.88 Å². The Morgan fingerprint density at radius 3 is 2.56 bits per heavy atom. The zero-order valence-electron chi connectivity index (χ0n) is 11.4. The summed E-state index contributed by atoms with van der Waals surface area (Å²) in [6, 6.07) is 6.49. The van der Waals surface area contributed by atoms with Gasteiger partial charge in [-0.05, 0) is 37.5 Å². The van der Waals surface area contributed by atoms with Gasteiger partial charge in [-0.15, -0.1) is 11.6 Å². The number of nitrogens with zero attached hydrogens (tertiary/aromatic N) is 1. The van der Waals surface area contributed by atoms with Gasteiger partial charge in [0, 0.05) is 25.5 Å². The zero-order valence-corrected chi connectivity index (χ0v) is 12.2. The maximum atomic E-state index is 5.92. The molecule has 0 N–H and O–H groups in total. The summed E-state index contributed by atoms with van der Waals surface area (Å²) in [4.78, 5) is 2.45. The second-order valence-electron chi connectivity index (χ2n) is 5.29. The van der Waals surface area contributed by atoms with Crippen LogP contribution in [0.4, 0.5) is 0 Å². The van der Waals surface area contributed by atoms with Crippen LogP contribution in [0.2, 0.25) is 0 Å². The van der Waals surface area contributed by atoms with Gasteiger partial charge in [-0.2, -0.15) is 0 Å². The summed E-state index contributed by atoms with van der Waals surface area (Å²) in [5.74, 6) is 0.577. The highest BCUT2D eigenvalue weighted by atomic mass is 35.5. The highest BCUT2D eigenvalue weighted by molar-refractivity contribution is 6.18. The fourth-order valence-electron chi connectivity index (χ4n) is 2.68. The van der Waals surface area contributed by atoms with E-state index in [1.807, 2.05) is 0 Å². The standard InChI is InChI=1S/C15H22ClNO/c1-11-5-4-6-12(2)15(11)10-17-8-13(3)18-14(7-16)9-17/h4-6,13-14H,7-10H2,1-3H3. The molecule has 1 heterocycles. The summed E-state index contributed by atoms with van der Waals surface area (Å²) in [7, 11) is 0. The monoisotopic (exact) mass is 267 g/mol. The minimum atomic E-state index is 0.166. The van der Waals surface area contributed by atoms with E-state index in [1.54, 1.807) is 0 Å². The molecule has 1 aromatic carbocycles. The first kappa shape index (κ1) is 13.9. The van der Waals surface area contributed by atoms with Crippen LogP contribution in [0.1, 0.15) is 23.6 Å². The van der Waals surface area contributed by atoms with Crippen molar-refractivity contribution in [3.63, 3.8) is 0 Å². The van der Waals surface area contributed by atoms with Crippen molar-refractivity contribution in [3.05, 3.63) is 34.9 Å². The first-order chi connectivity index (χ1) is 8.60. The smallest absolute Gasteiger partial charge is 0.0841 e. The second-order valence-corrected chi connectivity index (χ2v) is 5.60. The Bertz CT molecular complexity index is 387. The molecule has 1 aliphatic rings. The number of hydrogen-bond donors (Lipinski definition) is 0. The molecule has 2 atom stereocenters. The zero-order chi connectivity index (χ0) is 13.1. The normalized spacial score (nSPS) is 25.3. The van der Waals surface area contributed by atoms with Gasteiger partial charge >= 0.3 is 0 Å². The molecule has 0 amide bonds. The first-order valence-electron chi connectivity index (χ1n) is 6.59. The third-order valence-corrected chi connectivity index (χ3v) is 3.94. The first-order valence-corrected chi connectivity index (χ1v) is 7.12. The number of hydrogen-bond acceptors (Lipinski definition) is 2. The minimum Gasteiger partial charge on any atom is -0.371 e. The van der Waals surface area contributed by atoms with Crippen LogP contribution >= 0.6 is 11.6 Å². The molecule has 18 heavy (non-hydrogen) atoms. The average Bonchev–Trinajstić information content (AvgIpc) is 2.33. The topological polar surface area (TPSA) is 12.5 Å². The van der Waals surface area contributed by atoms with Gasteiger partial charge in [-0.1, -0.05) is 18.2 Å². The molecule has 1 saturated heterocycles. The lowest BCUT2D eigenvalue weighted by molar-refractivity contribution is -0.0689.